The first-order valence-electron chi connectivity index (χ1n) is 5.01. The molecule has 0 spiro atoms. The molecule has 2 heteroatoms. The minimum Gasteiger partial charge on any atom is -0.376 e. The zero-order valence-electron chi connectivity index (χ0n) is 8.67. The van der Waals surface area contributed by atoms with Gasteiger partial charge in [0.15, 0.2) is 0 Å². The largest absolute Gasteiger partial charge is 0.376 e. The van der Waals surface area contributed by atoms with Crippen LogP contribution in [0.1, 0.15) is 17.2 Å². The maximum atomic E-state index is 9.79. The van der Waals surface area contributed by atoms with Gasteiger partial charge in [-0.3, -0.25) is 4.98 Å². The molecule has 2 aromatic rings. The number of rotatable bonds is 1. The van der Waals surface area contributed by atoms with Gasteiger partial charge in [0.25, 0.3) is 0 Å². The Hall–Kier alpha value is -2.11. The molecule has 1 aromatic carbocycles. The molecule has 0 unspecified atom stereocenters. The molecule has 2 nitrogen and oxygen atoms in total. The minimum absolute atomic E-state index is 0.749. The van der Waals surface area contributed by atoms with Crippen molar-refractivity contribution in [3.8, 4) is 11.8 Å². The number of hydrogen-bond donors (Lipinski definition) is 1. The van der Waals surface area contributed by atoms with Gasteiger partial charge >= 0.3 is 0 Å². The van der Waals surface area contributed by atoms with E-state index in [4.69, 9.17) is 0 Å². The molecule has 78 valence electrons. The second-order valence-corrected chi connectivity index (χ2v) is 3.32. The van der Waals surface area contributed by atoms with Crippen LogP contribution in [0.4, 0.5) is 0 Å². The van der Waals surface area contributed by atoms with Gasteiger partial charge in [-0.15, -0.1) is 0 Å². The molecule has 1 heterocycles. The van der Waals surface area contributed by atoms with Gasteiger partial charge in [-0.05, 0) is 17.7 Å². The Labute approximate surface area is 94.6 Å². The van der Waals surface area contributed by atoms with Crippen molar-refractivity contribution in [2.45, 2.75) is 6.10 Å². The van der Waals surface area contributed by atoms with Gasteiger partial charge in [0.2, 0.25) is 0 Å². The summed E-state index contributed by atoms with van der Waals surface area (Å²) >= 11 is 0. The van der Waals surface area contributed by atoms with E-state index in [0.717, 1.165) is 11.1 Å². The van der Waals surface area contributed by atoms with Crippen LogP contribution in [0.2, 0.25) is 0 Å². The molecule has 0 fully saturated rings. The molecule has 2 rings (SSSR count). The SMILES string of the molecule is O[C@@H](C#Cc1cccnc1)c1ccccc1. The Kier molecular flexibility index (Phi) is 3.32. The average Bonchev–Trinajstić information content (AvgIpc) is 2.38. The fourth-order valence-corrected chi connectivity index (χ4v) is 1.31. The topological polar surface area (TPSA) is 33.1 Å². The van der Waals surface area contributed by atoms with Crippen molar-refractivity contribution in [3.05, 3.63) is 66.0 Å². The van der Waals surface area contributed by atoms with Gasteiger partial charge in [-0.25, -0.2) is 0 Å². The fourth-order valence-electron chi connectivity index (χ4n) is 1.31. The van der Waals surface area contributed by atoms with Crippen LogP contribution in [0, 0.1) is 11.8 Å². The number of hydrogen-bond acceptors (Lipinski definition) is 2. The van der Waals surface area contributed by atoms with Crippen molar-refractivity contribution >= 4 is 0 Å². The van der Waals surface area contributed by atoms with Crippen LogP contribution in [0.5, 0.6) is 0 Å². The standard InChI is InChI=1S/C14H11NO/c16-14(13-6-2-1-3-7-13)9-8-12-5-4-10-15-11-12/h1-7,10-11,14,16H/t14-/m0/s1. The number of benzene rings is 1. The van der Waals surface area contributed by atoms with E-state index in [1.807, 2.05) is 42.5 Å². The second-order valence-electron chi connectivity index (χ2n) is 3.32. The van der Waals surface area contributed by atoms with Crippen LogP contribution in [0.15, 0.2) is 54.9 Å². The summed E-state index contributed by atoms with van der Waals surface area (Å²) in [6.45, 7) is 0. The minimum atomic E-state index is -0.749. The second kappa shape index (κ2) is 5.11. The zero-order chi connectivity index (χ0) is 11.2. The maximum absolute atomic E-state index is 9.79. The van der Waals surface area contributed by atoms with Crippen molar-refractivity contribution in [1.29, 1.82) is 0 Å². The molecule has 0 radical (unpaired) electrons. The molecule has 1 atom stereocenters. The summed E-state index contributed by atoms with van der Waals surface area (Å²) in [4.78, 5) is 3.95. The first kappa shape index (κ1) is 10.4. The number of aliphatic hydroxyl groups excluding tert-OH is 1. The van der Waals surface area contributed by atoms with Crippen LogP contribution in [-0.4, -0.2) is 10.1 Å². The first-order chi connectivity index (χ1) is 7.86. The van der Waals surface area contributed by atoms with Crippen LogP contribution in [0.3, 0.4) is 0 Å². The quantitative estimate of drug-likeness (QED) is 0.730. The van der Waals surface area contributed by atoms with Gasteiger partial charge in [0.1, 0.15) is 6.10 Å². The van der Waals surface area contributed by atoms with Crippen molar-refractivity contribution in [1.82, 2.24) is 4.98 Å². The zero-order valence-corrected chi connectivity index (χ0v) is 8.67. The number of nitrogens with zero attached hydrogens (tertiary/aromatic N) is 1. The lowest BCUT2D eigenvalue weighted by molar-refractivity contribution is 0.238. The molecule has 0 bridgehead atoms. The van der Waals surface area contributed by atoms with E-state index in [0.29, 0.717) is 0 Å². The number of aliphatic hydroxyl groups is 1. The highest BCUT2D eigenvalue weighted by Crippen LogP contribution is 2.10. The Morgan fingerprint density at radius 3 is 2.56 bits per heavy atom. The van der Waals surface area contributed by atoms with E-state index >= 15 is 0 Å². The summed E-state index contributed by atoms with van der Waals surface area (Å²) in [7, 11) is 0. The number of aromatic nitrogens is 1. The molecule has 1 aromatic heterocycles. The third-order valence-corrected chi connectivity index (χ3v) is 2.13. The van der Waals surface area contributed by atoms with Gasteiger partial charge in [-0.2, -0.15) is 0 Å². The smallest absolute Gasteiger partial charge is 0.140 e. The highest BCUT2D eigenvalue weighted by molar-refractivity contribution is 5.34. The normalized spacial score (nSPS) is 11.3. The highest BCUT2D eigenvalue weighted by atomic mass is 16.3. The van der Waals surface area contributed by atoms with E-state index in [1.165, 1.54) is 0 Å². The van der Waals surface area contributed by atoms with Crippen LogP contribution in [0.25, 0.3) is 0 Å². The Morgan fingerprint density at radius 1 is 1.06 bits per heavy atom. The lowest BCUT2D eigenvalue weighted by Gasteiger charge is -2.01. The third-order valence-electron chi connectivity index (χ3n) is 2.13. The summed E-state index contributed by atoms with van der Waals surface area (Å²) in [5, 5.41) is 9.79. The predicted molar refractivity (Wildman–Crippen MR) is 62.5 cm³/mol. The van der Waals surface area contributed by atoms with Crippen LogP contribution < -0.4 is 0 Å². The predicted octanol–water partition coefficient (Wildman–Crippen LogP) is 2.17. The summed E-state index contributed by atoms with van der Waals surface area (Å²) < 4.78 is 0. The molecule has 0 saturated heterocycles. The molecule has 1 N–H and O–H groups in total. The summed E-state index contributed by atoms with van der Waals surface area (Å²) in [6.07, 6.45) is 2.62. The molecule has 16 heavy (non-hydrogen) atoms. The molecular weight excluding hydrogens is 198 g/mol. The molecule has 0 amide bonds. The maximum Gasteiger partial charge on any atom is 0.140 e. The summed E-state index contributed by atoms with van der Waals surface area (Å²) in [5.41, 5.74) is 1.61. The van der Waals surface area contributed by atoms with Gasteiger partial charge in [-0.1, -0.05) is 42.2 Å². The van der Waals surface area contributed by atoms with Crippen molar-refractivity contribution in [2.75, 3.05) is 0 Å². The third kappa shape index (κ3) is 2.69. The van der Waals surface area contributed by atoms with Gasteiger partial charge in [0, 0.05) is 18.0 Å². The fraction of sp³-hybridized carbons (Fsp3) is 0.0714. The highest BCUT2D eigenvalue weighted by Gasteiger charge is 2.00. The van der Waals surface area contributed by atoms with E-state index in [9.17, 15) is 5.11 Å². The van der Waals surface area contributed by atoms with Crippen LogP contribution in [-0.2, 0) is 0 Å². The van der Waals surface area contributed by atoms with Gasteiger partial charge < -0.3 is 5.11 Å². The lowest BCUT2D eigenvalue weighted by atomic mass is 10.1. The molecule has 0 aliphatic carbocycles. The Balaban J connectivity index is 2.15. The van der Waals surface area contributed by atoms with E-state index in [2.05, 4.69) is 16.8 Å². The van der Waals surface area contributed by atoms with Gasteiger partial charge in [0.05, 0.1) is 0 Å². The van der Waals surface area contributed by atoms with Crippen molar-refractivity contribution in [2.24, 2.45) is 0 Å². The average molecular weight is 209 g/mol. The van der Waals surface area contributed by atoms with Crippen molar-refractivity contribution < 1.29 is 5.11 Å². The monoisotopic (exact) mass is 209 g/mol. The van der Waals surface area contributed by atoms with E-state index in [-0.39, 0.29) is 0 Å². The van der Waals surface area contributed by atoms with E-state index < -0.39 is 6.10 Å². The molecule has 0 saturated carbocycles. The van der Waals surface area contributed by atoms with Crippen molar-refractivity contribution in [3.63, 3.8) is 0 Å². The Bertz CT molecular complexity index is 497. The summed E-state index contributed by atoms with van der Waals surface area (Å²) in [6, 6.07) is 13.0. The molecule has 0 aliphatic heterocycles. The summed E-state index contributed by atoms with van der Waals surface area (Å²) in [5.74, 6) is 5.66. The first-order valence-corrected chi connectivity index (χ1v) is 5.01. The molecule has 0 aliphatic rings. The Morgan fingerprint density at radius 2 is 1.88 bits per heavy atom. The van der Waals surface area contributed by atoms with E-state index in [1.54, 1.807) is 12.4 Å². The number of pyridine rings is 1. The lowest BCUT2D eigenvalue weighted by Crippen LogP contribution is -1.92. The molecular formula is C14H11NO. The van der Waals surface area contributed by atoms with Crippen LogP contribution >= 0.6 is 0 Å².